The van der Waals surface area contributed by atoms with Crippen LogP contribution in [0.1, 0.15) is 35.9 Å². The molecule has 1 aromatic heterocycles. The minimum absolute atomic E-state index is 0.322. The van der Waals surface area contributed by atoms with Gasteiger partial charge in [-0.25, -0.2) is 4.79 Å². The van der Waals surface area contributed by atoms with Crippen LogP contribution >= 0.6 is 11.3 Å². The topological polar surface area (TPSA) is 66.4 Å². The van der Waals surface area contributed by atoms with Crippen molar-refractivity contribution in [2.75, 3.05) is 0 Å². The molecule has 0 aliphatic carbocycles. The number of benzene rings is 1. The summed E-state index contributed by atoms with van der Waals surface area (Å²) in [6, 6.07) is 10.7. The van der Waals surface area contributed by atoms with E-state index in [0.717, 1.165) is 24.0 Å². The number of carbonyl (C=O) groups excluding carboxylic acids is 1. The zero-order chi connectivity index (χ0) is 15.9. The Balaban J connectivity index is 2.16. The van der Waals surface area contributed by atoms with E-state index in [1.807, 2.05) is 48.7 Å². The third-order valence-corrected chi connectivity index (χ3v) is 4.32. The summed E-state index contributed by atoms with van der Waals surface area (Å²) in [4.78, 5) is 24.2. The summed E-state index contributed by atoms with van der Waals surface area (Å²) in [5.41, 5.74) is 1.79. The van der Waals surface area contributed by atoms with E-state index in [9.17, 15) is 14.7 Å². The summed E-state index contributed by atoms with van der Waals surface area (Å²) in [7, 11) is 0. The van der Waals surface area contributed by atoms with Crippen molar-refractivity contribution in [3.63, 3.8) is 0 Å². The number of carboxylic acids is 1. The lowest BCUT2D eigenvalue weighted by Gasteiger charge is -2.14. The molecular weight excluding hydrogens is 298 g/mol. The Morgan fingerprint density at radius 2 is 1.95 bits per heavy atom. The molecule has 1 atom stereocenters. The maximum atomic E-state index is 12.4. The van der Waals surface area contributed by atoms with Gasteiger partial charge in [0, 0.05) is 5.56 Å². The standard InChI is InChI=1S/C17H19NO3S/c1-2-3-9-14(17(20)21)18-16(19)15-13(10-11-22-15)12-7-5-4-6-8-12/h4-8,10-11,14H,2-3,9H2,1H3,(H,18,19)(H,20,21). The van der Waals surface area contributed by atoms with Crippen LogP contribution < -0.4 is 5.32 Å². The molecule has 4 nitrogen and oxygen atoms in total. The van der Waals surface area contributed by atoms with E-state index in [-0.39, 0.29) is 5.91 Å². The third-order valence-electron chi connectivity index (χ3n) is 3.41. The Kier molecular flexibility index (Phi) is 5.72. The average Bonchev–Trinajstić information content (AvgIpc) is 3.01. The number of aliphatic carboxylic acids is 1. The van der Waals surface area contributed by atoms with Crippen LogP contribution in [0.5, 0.6) is 0 Å². The molecule has 22 heavy (non-hydrogen) atoms. The summed E-state index contributed by atoms with van der Waals surface area (Å²) in [6.07, 6.45) is 2.12. The molecule has 1 aromatic carbocycles. The molecule has 0 saturated heterocycles. The van der Waals surface area contributed by atoms with Gasteiger partial charge in [0.25, 0.3) is 5.91 Å². The van der Waals surface area contributed by atoms with Gasteiger partial charge in [0.05, 0.1) is 4.88 Å². The lowest BCUT2D eigenvalue weighted by Crippen LogP contribution is -2.40. The molecule has 1 amide bonds. The fourth-order valence-electron chi connectivity index (χ4n) is 2.22. The molecule has 0 spiro atoms. The van der Waals surface area contributed by atoms with Gasteiger partial charge in [-0.3, -0.25) is 4.79 Å². The second-order valence-corrected chi connectivity index (χ2v) is 5.95. The number of nitrogens with one attached hydrogen (secondary N) is 1. The highest BCUT2D eigenvalue weighted by atomic mass is 32.1. The molecule has 0 radical (unpaired) electrons. The Morgan fingerprint density at radius 1 is 1.23 bits per heavy atom. The minimum Gasteiger partial charge on any atom is -0.480 e. The van der Waals surface area contributed by atoms with Crippen LogP contribution in [0.2, 0.25) is 0 Å². The number of unbranched alkanes of at least 4 members (excludes halogenated alkanes) is 1. The molecule has 1 unspecified atom stereocenters. The van der Waals surface area contributed by atoms with E-state index < -0.39 is 12.0 Å². The van der Waals surface area contributed by atoms with Crippen LogP contribution in [0.25, 0.3) is 11.1 Å². The van der Waals surface area contributed by atoms with E-state index in [0.29, 0.717) is 11.3 Å². The summed E-state index contributed by atoms with van der Waals surface area (Å²) in [6.45, 7) is 1.99. The van der Waals surface area contributed by atoms with Crippen LogP contribution in [0.15, 0.2) is 41.8 Å². The van der Waals surface area contributed by atoms with Gasteiger partial charge < -0.3 is 10.4 Å². The van der Waals surface area contributed by atoms with Gasteiger partial charge in [-0.15, -0.1) is 11.3 Å². The maximum Gasteiger partial charge on any atom is 0.326 e. The van der Waals surface area contributed by atoms with Gasteiger partial charge >= 0.3 is 5.97 Å². The molecule has 0 aliphatic rings. The summed E-state index contributed by atoms with van der Waals surface area (Å²) >= 11 is 1.33. The number of hydrogen-bond donors (Lipinski definition) is 2. The lowest BCUT2D eigenvalue weighted by molar-refractivity contribution is -0.139. The van der Waals surface area contributed by atoms with Gasteiger partial charge in [-0.1, -0.05) is 50.1 Å². The largest absolute Gasteiger partial charge is 0.480 e. The normalized spacial score (nSPS) is 11.9. The highest BCUT2D eigenvalue weighted by molar-refractivity contribution is 7.12. The number of hydrogen-bond acceptors (Lipinski definition) is 3. The Labute approximate surface area is 133 Å². The first-order valence-electron chi connectivity index (χ1n) is 7.30. The number of carboxylic acid groups (broad SMARTS) is 1. The second kappa shape index (κ2) is 7.75. The summed E-state index contributed by atoms with van der Waals surface area (Å²) in [5, 5.41) is 13.7. The molecule has 2 aromatic rings. The number of rotatable bonds is 7. The van der Waals surface area contributed by atoms with Gasteiger partial charge in [0.1, 0.15) is 6.04 Å². The van der Waals surface area contributed by atoms with E-state index in [2.05, 4.69) is 5.32 Å². The Bertz CT molecular complexity index is 636. The fourth-order valence-corrected chi connectivity index (χ4v) is 3.04. The third kappa shape index (κ3) is 3.95. The quantitative estimate of drug-likeness (QED) is 0.816. The first-order valence-corrected chi connectivity index (χ1v) is 8.18. The van der Waals surface area contributed by atoms with Crippen molar-refractivity contribution in [1.82, 2.24) is 5.32 Å². The van der Waals surface area contributed by atoms with Gasteiger partial charge in [-0.05, 0) is 23.4 Å². The Hall–Kier alpha value is -2.14. The van der Waals surface area contributed by atoms with Crippen LogP contribution in [0, 0.1) is 0 Å². The first kappa shape index (κ1) is 16.2. The minimum atomic E-state index is -0.986. The van der Waals surface area contributed by atoms with Crippen LogP contribution in [0.4, 0.5) is 0 Å². The van der Waals surface area contributed by atoms with E-state index >= 15 is 0 Å². The van der Waals surface area contributed by atoms with Crippen molar-refractivity contribution < 1.29 is 14.7 Å². The molecular formula is C17H19NO3S. The van der Waals surface area contributed by atoms with Crippen molar-refractivity contribution >= 4 is 23.2 Å². The zero-order valence-electron chi connectivity index (χ0n) is 12.4. The molecule has 0 aliphatic heterocycles. The van der Waals surface area contributed by atoms with E-state index in [1.54, 1.807) is 0 Å². The number of carbonyl (C=O) groups is 2. The monoisotopic (exact) mass is 317 g/mol. The summed E-state index contributed by atoms with van der Waals surface area (Å²) in [5.74, 6) is -1.31. The van der Waals surface area contributed by atoms with Crippen molar-refractivity contribution in [3.05, 3.63) is 46.7 Å². The fraction of sp³-hybridized carbons (Fsp3) is 0.294. The molecule has 0 bridgehead atoms. The van der Waals surface area contributed by atoms with Crippen molar-refractivity contribution in [2.24, 2.45) is 0 Å². The first-order chi connectivity index (χ1) is 10.6. The maximum absolute atomic E-state index is 12.4. The molecule has 2 rings (SSSR count). The molecule has 5 heteroatoms. The molecule has 1 heterocycles. The van der Waals surface area contributed by atoms with E-state index in [4.69, 9.17) is 0 Å². The average molecular weight is 317 g/mol. The van der Waals surface area contributed by atoms with Gasteiger partial charge in [0.15, 0.2) is 0 Å². The van der Waals surface area contributed by atoms with Crippen LogP contribution in [-0.2, 0) is 4.79 Å². The van der Waals surface area contributed by atoms with Crippen LogP contribution in [-0.4, -0.2) is 23.0 Å². The van der Waals surface area contributed by atoms with Crippen molar-refractivity contribution in [2.45, 2.75) is 32.2 Å². The molecule has 116 valence electrons. The lowest BCUT2D eigenvalue weighted by atomic mass is 10.1. The van der Waals surface area contributed by atoms with Gasteiger partial charge in [-0.2, -0.15) is 0 Å². The number of thiophene rings is 1. The Morgan fingerprint density at radius 3 is 2.59 bits per heavy atom. The number of amides is 1. The molecule has 0 saturated carbocycles. The highest BCUT2D eigenvalue weighted by Gasteiger charge is 2.22. The molecule has 0 fully saturated rings. The predicted molar refractivity (Wildman–Crippen MR) is 88.2 cm³/mol. The van der Waals surface area contributed by atoms with Gasteiger partial charge in [0.2, 0.25) is 0 Å². The van der Waals surface area contributed by atoms with Crippen molar-refractivity contribution in [3.8, 4) is 11.1 Å². The summed E-state index contributed by atoms with van der Waals surface area (Å²) < 4.78 is 0. The van der Waals surface area contributed by atoms with Crippen LogP contribution in [0.3, 0.4) is 0 Å². The second-order valence-electron chi connectivity index (χ2n) is 5.04. The van der Waals surface area contributed by atoms with E-state index in [1.165, 1.54) is 11.3 Å². The molecule has 2 N–H and O–H groups in total. The smallest absolute Gasteiger partial charge is 0.326 e. The highest BCUT2D eigenvalue weighted by Crippen LogP contribution is 2.28. The zero-order valence-corrected chi connectivity index (χ0v) is 13.2. The SMILES string of the molecule is CCCCC(NC(=O)c1sccc1-c1ccccc1)C(=O)O. The predicted octanol–water partition coefficient (Wildman–Crippen LogP) is 3.79. The van der Waals surface area contributed by atoms with Crippen molar-refractivity contribution in [1.29, 1.82) is 0 Å².